The average molecular weight is 388 g/mol. The molecule has 2 aromatic carbocycles. The molecule has 0 fully saturated rings. The Hall–Kier alpha value is -2.80. The van der Waals surface area contributed by atoms with Crippen molar-refractivity contribution in [3.05, 3.63) is 48.0 Å². The van der Waals surface area contributed by atoms with Gasteiger partial charge in [-0.3, -0.25) is 4.79 Å². The Morgan fingerprint density at radius 1 is 1.15 bits per heavy atom. The molecule has 2 rings (SSSR count). The lowest BCUT2D eigenvalue weighted by Gasteiger charge is -2.14. The van der Waals surface area contributed by atoms with E-state index in [2.05, 4.69) is 16.0 Å². The minimum Gasteiger partial charge on any atom is -0.495 e. The van der Waals surface area contributed by atoms with Gasteiger partial charge in [0.1, 0.15) is 11.5 Å². The van der Waals surface area contributed by atoms with Crippen LogP contribution in [-0.2, 0) is 4.79 Å². The topological polar surface area (TPSA) is 71.6 Å². The van der Waals surface area contributed by atoms with E-state index in [-0.39, 0.29) is 5.91 Å². The molecular formula is C20H25N3O3S. The van der Waals surface area contributed by atoms with E-state index in [4.69, 9.17) is 21.7 Å². The number of rotatable bonds is 8. The molecular weight excluding hydrogens is 362 g/mol. The van der Waals surface area contributed by atoms with Gasteiger partial charge in [0.05, 0.1) is 19.4 Å². The monoisotopic (exact) mass is 387 g/mol. The molecule has 0 aromatic heterocycles. The number of carbonyl (C=O) groups excluding carboxylic acids is 1. The van der Waals surface area contributed by atoms with Crippen molar-refractivity contribution in [2.24, 2.45) is 0 Å². The number of ether oxygens (including phenoxy) is 2. The zero-order valence-corrected chi connectivity index (χ0v) is 16.6. The summed E-state index contributed by atoms with van der Waals surface area (Å²) in [5.41, 5.74) is 2.67. The summed E-state index contributed by atoms with van der Waals surface area (Å²) < 4.78 is 11.0. The first-order valence-corrected chi connectivity index (χ1v) is 9.08. The maximum Gasteiger partial charge on any atom is 0.221 e. The molecule has 6 nitrogen and oxygen atoms in total. The Kier molecular flexibility index (Phi) is 7.88. The van der Waals surface area contributed by atoms with Gasteiger partial charge in [-0.1, -0.05) is 12.1 Å². The van der Waals surface area contributed by atoms with Crippen LogP contribution in [0.4, 0.5) is 11.4 Å². The van der Waals surface area contributed by atoms with Gasteiger partial charge in [0, 0.05) is 25.2 Å². The van der Waals surface area contributed by atoms with E-state index in [9.17, 15) is 4.79 Å². The van der Waals surface area contributed by atoms with Crippen LogP contribution in [0.2, 0.25) is 0 Å². The third-order valence-electron chi connectivity index (χ3n) is 3.63. The number of hydrogen-bond donors (Lipinski definition) is 3. The number of thiocarbonyl (C=S) groups is 1. The minimum atomic E-state index is -0.109. The zero-order valence-electron chi connectivity index (χ0n) is 15.8. The number of hydrogen-bond acceptors (Lipinski definition) is 4. The van der Waals surface area contributed by atoms with Crippen molar-refractivity contribution in [2.45, 2.75) is 20.3 Å². The number of aryl methyl sites for hydroxylation is 1. The van der Waals surface area contributed by atoms with E-state index < -0.39 is 0 Å². The van der Waals surface area contributed by atoms with Crippen molar-refractivity contribution in [2.75, 3.05) is 30.9 Å². The predicted octanol–water partition coefficient (Wildman–Crippen LogP) is 3.72. The van der Waals surface area contributed by atoms with Crippen LogP contribution in [0.5, 0.6) is 11.5 Å². The highest BCUT2D eigenvalue weighted by Gasteiger charge is 2.05. The number of benzene rings is 2. The average Bonchev–Trinajstić information content (AvgIpc) is 2.61. The fourth-order valence-corrected chi connectivity index (χ4v) is 2.63. The molecule has 1 amide bonds. The Balaban J connectivity index is 1.72. The summed E-state index contributed by atoms with van der Waals surface area (Å²) in [5.74, 6) is 1.35. The van der Waals surface area contributed by atoms with Crippen LogP contribution < -0.4 is 25.4 Å². The Morgan fingerprint density at radius 3 is 2.70 bits per heavy atom. The molecule has 2 aromatic rings. The molecule has 144 valence electrons. The van der Waals surface area contributed by atoms with E-state index in [0.717, 1.165) is 29.1 Å². The van der Waals surface area contributed by atoms with Crippen LogP contribution in [0.15, 0.2) is 42.5 Å². The van der Waals surface area contributed by atoms with Gasteiger partial charge in [-0.15, -0.1) is 0 Å². The van der Waals surface area contributed by atoms with Crippen LogP contribution >= 0.6 is 12.2 Å². The largest absolute Gasteiger partial charge is 0.495 e. The molecule has 0 atom stereocenters. The molecule has 0 bridgehead atoms. The summed E-state index contributed by atoms with van der Waals surface area (Å²) in [4.78, 5) is 11.1. The first kappa shape index (κ1) is 20.5. The lowest BCUT2D eigenvalue weighted by atomic mass is 10.2. The third-order valence-corrected chi connectivity index (χ3v) is 3.88. The molecule has 0 saturated carbocycles. The summed E-state index contributed by atoms with van der Waals surface area (Å²) in [5, 5.41) is 9.57. The van der Waals surface area contributed by atoms with Crippen molar-refractivity contribution in [1.29, 1.82) is 0 Å². The Labute approximate surface area is 165 Å². The molecule has 0 spiro atoms. The van der Waals surface area contributed by atoms with Gasteiger partial charge in [0.25, 0.3) is 0 Å². The maximum atomic E-state index is 11.1. The molecule has 0 aliphatic rings. The lowest BCUT2D eigenvalue weighted by molar-refractivity contribution is -0.114. The molecule has 0 unspecified atom stereocenters. The van der Waals surface area contributed by atoms with Crippen LogP contribution in [-0.4, -0.2) is 31.3 Å². The standard InChI is InChI=1S/C20H25N3O3S/c1-14-8-9-19(25-3)18(12-14)23-20(27)21-10-5-11-26-17-7-4-6-16(13-17)22-15(2)24/h4,6-9,12-13H,5,10-11H2,1-3H3,(H,22,24)(H2,21,23,27). The SMILES string of the molecule is COc1ccc(C)cc1NC(=S)NCCCOc1cccc(NC(C)=O)c1. The first-order chi connectivity index (χ1) is 13.0. The number of amides is 1. The van der Waals surface area contributed by atoms with E-state index >= 15 is 0 Å². The summed E-state index contributed by atoms with van der Waals surface area (Å²) in [6.45, 7) is 4.69. The number of carbonyl (C=O) groups is 1. The molecule has 7 heteroatoms. The van der Waals surface area contributed by atoms with E-state index in [0.29, 0.717) is 24.0 Å². The van der Waals surface area contributed by atoms with Gasteiger partial charge in [0.15, 0.2) is 5.11 Å². The van der Waals surface area contributed by atoms with E-state index in [1.54, 1.807) is 13.2 Å². The number of nitrogens with one attached hydrogen (secondary N) is 3. The summed E-state index contributed by atoms with van der Waals surface area (Å²) in [6, 6.07) is 13.2. The van der Waals surface area contributed by atoms with Crippen molar-refractivity contribution in [1.82, 2.24) is 5.32 Å². The summed E-state index contributed by atoms with van der Waals surface area (Å²) >= 11 is 5.33. The second-order valence-corrected chi connectivity index (χ2v) is 6.40. The first-order valence-electron chi connectivity index (χ1n) is 8.68. The van der Waals surface area contributed by atoms with Gasteiger partial charge >= 0.3 is 0 Å². The normalized spacial score (nSPS) is 10.0. The fourth-order valence-electron chi connectivity index (χ4n) is 2.42. The molecule has 0 heterocycles. The minimum absolute atomic E-state index is 0.109. The van der Waals surface area contributed by atoms with Gasteiger partial charge in [0.2, 0.25) is 5.91 Å². The van der Waals surface area contributed by atoms with Crippen LogP contribution in [0.3, 0.4) is 0 Å². The van der Waals surface area contributed by atoms with E-state index in [1.807, 2.05) is 43.3 Å². The molecule has 0 aliphatic carbocycles. The maximum absolute atomic E-state index is 11.1. The van der Waals surface area contributed by atoms with Gasteiger partial charge in [-0.25, -0.2) is 0 Å². The summed E-state index contributed by atoms with van der Waals surface area (Å²) in [7, 11) is 1.63. The highest BCUT2D eigenvalue weighted by Crippen LogP contribution is 2.25. The van der Waals surface area contributed by atoms with Crippen molar-refractivity contribution in [3.63, 3.8) is 0 Å². The molecule has 0 saturated heterocycles. The van der Waals surface area contributed by atoms with Gasteiger partial charge in [-0.05, 0) is 55.4 Å². The zero-order chi connectivity index (χ0) is 19.6. The molecule has 27 heavy (non-hydrogen) atoms. The fraction of sp³-hybridized carbons (Fsp3) is 0.300. The third kappa shape index (κ3) is 7.15. The highest BCUT2D eigenvalue weighted by atomic mass is 32.1. The van der Waals surface area contributed by atoms with E-state index in [1.165, 1.54) is 6.92 Å². The predicted molar refractivity (Wildman–Crippen MR) is 113 cm³/mol. The number of methoxy groups -OCH3 is 1. The van der Waals surface area contributed by atoms with Gasteiger partial charge < -0.3 is 25.4 Å². The lowest BCUT2D eigenvalue weighted by Crippen LogP contribution is -2.30. The second-order valence-electron chi connectivity index (χ2n) is 6.00. The number of anilines is 2. The van der Waals surface area contributed by atoms with Crippen LogP contribution in [0.25, 0.3) is 0 Å². The Morgan fingerprint density at radius 2 is 1.96 bits per heavy atom. The molecule has 0 radical (unpaired) electrons. The summed E-state index contributed by atoms with van der Waals surface area (Å²) in [6.07, 6.45) is 0.775. The van der Waals surface area contributed by atoms with Crippen LogP contribution in [0, 0.1) is 6.92 Å². The van der Waals surface area contributed by atoms with Crippen LogP contribution in [0.1, 0.15) is 18.9 Å². The van der Waals surface area contributed by atoms with Crippen molar-refractivity contribution >= 4 is 34.6 Å². The Bertz CT molecular complexity index is 796. The molecule has 3 N–H and O–H groups in total. The highest BCUT2D eigenvalue weighted by molar-refractivity contribution is 7.80. The smallest absolute Gasteiger partial charge is 0.221 e. The quantitative estimate of drug-likeness (QED) is 0.474. The second kappa shape index (κ2) is 10.4. The van der Waals surface area contributed by atoms with Crippen molar-refractivity contribution in [3.8, 4) is 11.5 Å². The van der Waals surface area contributed by atoms with Crippen molar-refractivity contribution < 1.29 is 14.3 Å². The van der Waals surface area contributed by atoms with Gasteiger partial charge in [-0.2, -0.15) is 0 Å². The molecule has 0 aliphatic heterocycles.